The molecule has 1 amide bonds. The van der Waals surface area contributed by atoms with Gasteiger partial charge in [-0.25, -0.2) is 0 Å². The Hall–Kier alpha value is -2.01. The molecule has 5 heteroatoms. The second-order valence-electron chi connectivity index (χ2n) is 6.73. The van der Waals surface area contributed by atoms with E-state index >= 15 is 0 Å². The molecule has 0 saturated carbocycles. The van der Waals surface area contributed by atoms with E-state index in [2.05, 4.69) is 54.3 Å². The molecule has 3 heterocycles. The number of hydrogen-bond donors (Lipinski definition) is 0. The number of fused-ring (bicyclic) bond motifs is 1. The average Bonchev–Trinajstić information content (AvgIpc) is 3.22. The molecule has 0 unspecified atom stereocenters. The molecule has 0 N–H and O–H groups in total. The molecule has 0 aliphatic carbocycles. The van der Waals surface area contributed by atoms with Crippen LogP contribution in [0.15, 0.2) is 30.5 Å². The molecular weight excluding hydrogens is 300 g/mol. The highest BCUT2D eigenvalue weighted by atomic mass is 16.2. The Kier molecular flexibility index (Phi) is 4.81. The predicted molar refractivity (Wildman–Crippen MR) is 99.0 cm³/mol. The molecular formula is C19H28N4O. The van der Waals surface area contributed by atoms with Crippen LogP contribution < -0.4 is 4.90 Å². The molecule has 0 spiro atoms. The first kappa shape index (κ1) is 16.8. The van der Waals surface area contributed by atoms with Gasteiger partial charge in [0.1, 0.15) is 5.82 Å². The maximum atomic E-state index is 12.9. The number of amides is 1. The number of carbonyl (C=O) groups excluding carboxylic acids is 1. The summed E-state index contributed by atoms with van der Waals surface area (Å²) in [5, 5.41) is 0. The Balaban J connectivity index is 1.87. The summed E-state index contributed by atoms with van der Waals surface area (Å²) >= 11 is 0. The summed E-state index contributed by atoms with van der Waals surface area (Å²) in [5.74, 6) is 1.29. The van der Waals surface area contributed by atoms with Crippen LogP contribution in [0.2, 0.25) is 0 Å². The summed E-state index contributed by atoms with van der Waals surface area (Å²) in [5.41, 5.74) is 1.90. The van der Waals surface area contributed by atoms with E-state index < -0.39 is 0 Å². The van der Waals surface area contributed by atoms with Crippen molar-refractivity contribution < 1.29 is 4.79 Å². The summed E-state index contributed by atoms with van der Waals surface area (Å²) in [6.45, 7) is 7.88. The van der Waals surface area contributed by atoms with Crippen molar-refractivity contribution >= 4 is 17.2 Å². The minimum absolute atomic E-state index is 0.139. The van der Waals surface area contributed by atoms with Gasteiger partial charge < -0.3 is 19.1 Å². The number of pyridine rings is 1. The van der Waals surface area contributed by atoms with E-state index in [1.807, 2.05) is 23.2 Å². The van der Waals surface area contributed by atoms with Gasteiger partial charge >= 0.3 is 0 Å². The largest absolute Gasteiger partial charge is 0.358 e. The smallest absolute Gasteiger partial charge is 0.255 e. The third-order valence-corrected chi connectivity index (χ3v) is 5.15. The summed E-state index contributed by atoms with van der Waals surface area (Å²) in [6.07, 6.45) is 3.05. The van der Waals surface area contributed by atoms with Gasteiger partial charge in [-0.3, -0.25) is 4.79 Å². The maximum Gasteiger partial charge on any atom is 0.255 e. The molecule has 2 aromatic rings. The lowest BCUT2D eigenvalue weighted by molar-refractivity contribution is 0.0782. The summed E-state index contributed by atoms with van der Waals surface area (Å²) in [7, 11) is 4.17. The van der Waals surface area contributed by atoms with Crippen molar-refractivity contribution in [3.8, 4) is 0 Å². The molecule has 0 bridgehead atoms. The van der Waals surface area contributed by atoms with Gasteiger partial charge in [0.15, 0.2) is 0 Å². The summed E-state index contributed by atoms with van der Waals surface area (Å²) in [4.78, 5) is 19.4. The van der Waals surface area contributed by atoms with Crippen LogP contribution in [0.5, 0.6) is 0 Å². The number of carbonyl (C=O) groups is 1. The second kappa shape index (κ2) is 6.85. The first-order valence-corrected chi connectivity index (χ1v) is 8.87. The molecule has 2 aromatic heterocycles. The van der Waals surface area contributed by atoms with E-state index in [4.69, 9.17) is 0 Å². The third kappa shape index (κ3) is 3.00. The number of likely N-dealkylation sites (tertiary alicyclic amines) is 1. The molecule has 1 aliphatic rings. The lowest BCUT2D eigenvalue weighted by Gasteiger charge is -2.22. The maximum absolute atomic E-state index is 12.9. The van der Waals surface area contributed by atoms with E-state index in [0.29, 0.717) is 6.04 Å². The number of anilines is 1. The standard InChI is InChI=1S/C19H28N4O/c1-5-21(6-2)18-10-9-16-8-7-15(13-23(16)18)19(24)22-12-11-17(14-22)20(3)4/h7-10,13,17H,5-6,11-12,14H2,1-4H3/t17-/m1/s1. The summed E-state index contributed by atoms with van der Waals surface area (Å²) < 4.78 is 2.14. The topological polar surface area (TPSA) is 31.2 Å². The molecule has 3 rings (SSSR count). The van der Waals surface area contributed by atoms with E-state index in [0.717, 1.165) is 49.5 Å². The van der Waals surface area contributed by atoms with Crippen molar-refractivity contribution in [2.24, 2.45) is 0 Å². The Labute approximate surface area is 144 Å². The number of aromatic nitrogens is 1. The van der Waals surface area contributed by atoms with Crippen LogP contribution in [0.1, 0.15) is 30.6 Å². The molecule has 0 aromatic carbocycles. The van der Waals surface area contributed by atoms with E-state index in [9.17, 15) is 4.79 Å². The molecule has 1 aliphatic heterocycles. The SMILES string of the molecule is CCN(CC)c1ccc2ccc(C(=O)N3CC[C@@H](N(C)C)C3)cn12. The van der Waals surface area contributed by atoms with E-state index in [1.165, 1.54) is 0 Å². The minimum atomic E-state index is 0.139. The molecule has 5 nitrogen and oxygen atoms in total. The average molecular weight is 328 g/mol. The lowest BCUT2D eigenvalue weighted by atomic mass is 10.2. The molecule has 130 valence electrons. The highest BCUT2D eigenvalue weighted by Crippen LogP contribution is 2.22. The van der Waals surface area contributed by atoms with Crippen LogP contribution in [0.4, 0.5) is 5.82 Å². The van der Waals surface area contributed by atoms with Crippen LogP contribution >= 0.6 is 0 Å². The number of hydrogen-bond acceptors (Lipinski definition) is 3. The van der Waals surface area contributed by atoms with Gasteiger partial charge in [-0.15, -0.1) is 0 Å². The fraction of sp³-hybridized carbons (Fsp3) is 0.526. The van der Waals surface area contributed by atoms with Crippen molar-refractivity contribution in [1.82, 2.24) is 14.2 Å². The van der Waals surface area contributed by atoms with Crippen molar-refractivity contribution in [2.75, 3.05) is 45.2 Å². The van der Waals surface area contributed by atoms with Crippen molar-refractivity contribution in [3.63, 3.8) is 0 Å². The van der Waals surface area contributed by atoms with Gasteiger partial charge in [0.2, 0.25) is 0 Å². The van der Waals surface area contributed by atoms with E-state index in [1.54, 1.807) is 0 Å². The first-order chi connectivity index (χ1) is 11.5. The van der Waals surface area contributed by atoms with Crippen LogP contribution in [-0.2, 0) is 0 Å². The lowest BCUT2D eigenvalue weighted by Crippen LogP contribution is -2.34. The highest BCUT2D eigenvalue weighted by Gasteiger charge is 2.28. The molecule has 0 radical (unpaired) electrons. The fourth-order valence-corrected chi connectivity index (χ4v) is 3.55. The zero-order chi connectivity index (χ0) is 17.3. The van der Waals surface area contributed by atoms with Gasteiger partial charge in [0.05, 0.1) is 5.56 Å². The number of rotatable bonds is 5. The van der Waals surface area contributed by atoms with Crippen LogP contribution in [-0.4, -0.2) is 66.4 Å². The van der Waals surface area contributed by atoms with Gasteiger partial charge in [-0.05, 0) is 58.6 Å². The van der Waals surface area contributed by atoms with Crippen LogP contribution in [0.25, 0.3) is 5.52 Å². The normalized spacial score (nSPS) is 17.9. The predicted octanol–water partition coefficient (Wildman–Crippen LogP) is 2.56. The summed E-state index contributed by atoms with van der Waals surface area (Å²) in [6, 6.07) is 8.70. The monoisotopic (exact) mass is 328 g/mol. The first-order valence-electron chi connectivity index (χ1n) is 8.87. The molecule has 1 saturated heterocycles. The second-order valence-corrected chi connectivity index (χ2v) is 6.73. The third-order valence-electron chi connectivity index (χ3n) is 5.15. The fourth-order valence-electron chi connectivity index (χ4n) is 3.55. The molecule has 1 fully saturated rings. The number of nitrogens with zero attached hydrogens (tertiary/aromatic N) is 4. The van der Waals surface area contributed by atoms with Gasteiger partial charge in [0.25, 0.3) is 5.91 Å². The van der Waals surface area contributed by atoms with Gasteiger partial charge in [0, 0.05) is 43.9 Å². The zero-order valence-corrected chi connectivity index (χ0v) is 15.2. The van der Waals surface area contributed by atoms with Crippen molar-refractivity contribution in [1.29, 1.82) is 0 Å². The van der Waals surface area contributed by atoms with E-state index in [-0.39, 0.29) is 5.91 Å². The number of likely N-dealkylation sites (N-methyl/N-ethyl adjacent to an activating group) is 1. The Bertz CT molecular complexity index is 717. The Morgan fingerprint density at radius 3 is 2.50 bits per heavy atom. The van der Waals surface area contributed by atoms with Crippen molar-refractivity contribution in [2.45, 2.75) is 26.3 Å². The highest BCUT2D eigenvalue weighted by molar-refractivity contribution is 5.94. The van der Waals surface area contributed by atoms with Gasteiger partial charge in [-0.2, -0.15) is 0 Å². The Morgan fingerprint density at radius 2 is 1.88 bits per heavy atom. The minimum Gasteiger partial charge on any atom is -0.358 e. The molecule has 1 atom stereocenters. The Morgan fingerprint density at radius 1 is 1.17 bits per heavy atom. The zero-order valence-electron chi connectivity index (χ0n) is 15.2. The van der Waals surface area contributed by atoms with Crippen molar-refractivity contribution in [3.05, 3.63) is 36.0 Å². The molecule has 24 heavy (non-hydrogen) atoms. The quantitative estimate of drug-likeness (QED) is 0.845. The van der Waals surface area contributed by atoms with Crippen LogP contribution in [0, 0.1) is 0 Å². The van der Waals surface area contributed by atoms with Crippen LogP contribution in [0.3, 0.4) is 0 Å². The van der Waals surface area contributed by atoms with Gasteiger partial charge in [-0.1, -0.05) is 0 Å².